The normalized spacial score (nSPS) is 16.2. The van der Waals surface area contributed by atoms with Crippen molar-refractivity contribution >= 4 is 28.6 Å². The van der Waals surface area contributed by atoms with E-state index < -0.39 is 34.9 Å². The Morgan fingerprint density at radius 2 is 2.00 bits per heavy atom. The molecular weight excluding hydrogens is 548 g/mol. The molecule has 0 radical (unpaired) electrons. The lowest BCUT2D eigenvalue weighted by Crippen LogP contribution is -2.48. The highest BCUT2D eigenvalue weighted by Crippen LogP contribution is 2.41. The van der Waals surface area contributed by atoms with Crippen LogP contribution in [-0.2, 0) is 11.3 Å². The van der Waals surface area contributed by atoms with Crippen LogP contribution >= 0.6 is 11.8 Å². The molecule has 216 valence electrons. The number of nitrogens with zero attached hydrogens (tertiary/aromatic N) is 2. The molecule has 12 heteroatoms. The van der Waals surface area contributed by atoms with E-state index in [0.717, 1.165) is 17.8 Å². The number of halogens is 4. The van der Waals surface area contributed by atoms with Gasteiger partial charge in [0, 0.05) is 47.0 Å². The molecule has 1 aliphatic heterocycles. The third-order valence-electron chi connectivity index (χ3n) is 7.63. The van der Waals surface area contributed by atoms with E-state index in [0.29, 0.717) is 72.1 Å². The number of methoxy groups -OCH3 is 1. The third-order valence-corrected chi connectivity index (χ3v) is 8.62. The van der Waals surface area contributed by atoms with E-state index in [2.05, 4.69) is 4.98 Å². The highest BCUT2D eigenvalue weighted by molar-refractivity contribution is 7.99. The minimum Gasteiger partial charge on any atom is -0.497 e. The van der Waals surface area contributed by atoms with Crippen LogP contribution in [0.1, 0.15) is 43.0 Å². The predicted octanol–water partition coefficient (Wildman–Crippen LogP) is 5.29. The van der Waals surface area contributed by atoms with E-state index in [-0.39, 0.29) is 24.3 Å². The quantitative estimate of drug-likeness (QED) is 0.0932. The number of nitrogens with one attached hydrogen (secondary N) is 1. The number of benzene rings is 2. The molecule has 0 spiro atoms. The summed E-state index contributed by atoms with van der Waals surface area (Å²) in [5, 5.41) is 10.1. The second-order valence-electron chi connectivity index (χ2n) is 9.90. The Bertz CT molecular complexity index is 1350. The Labute approximate surface area is 234 Å². The number of alkyl halides is 1. The summed E-state index contributed by atoms with van der Waals surface area (Å²) in [6.07, 6.45) is 1.08. The van der Waals surface area contributed by atoms with Gasteiger partial charge in [-0.1, -0.05) is 0 Å². The molecule has 1 atom stereocenters. The number of hydrogen-bond acceptors (Lipinski definition) is 7. The summed E-state index contributed by atoms with van der Waals surface area (Å²) in [7, 11) is 1.52. The van der Waals surface area contributed by atoms with Crippen LogP contribution in [-0.4, -0.2) is 53.5 Å². The first-order chi connectivity index (χ1) is 19.2. The van der Waals surface area contributed by atoms with Gasteiger partial charge >= 0.3 is 0 Å². The van der Waals surface area contributed by atoms with Gasteiger partial charge < -0.3 is 15.4 Å². The number of thioether (sulfide) groups is 1. The first-order valence-corrected chi connectivity index (χ1v) is 13.9. The maximum absolute atomic E-state index is 15.9. The number of piperidine rings is 1. The summed E-state index contributed by atoms with van der Waals surface area (Å²) in [6.45, 7) is 1.55. The number of likely N-dealkylation sites (tertiary alicyclic amines) is 1. The number of ether oxygens (including phenoxy) is 1. The van der Waals surface area contributed by atoms with Crippen molar-refractivity contribution in [1.29, 1.82) is 0 Å². The average molecular weight is 581 g/mol. The van der Waals surface area contributed by atoms with Gasteiger partial charge in [0.2, 0.25) is 5.91 Å². The molecule has 1 unspecified atom stereocenters. The SMILES string of the molecule is COc1ccc2ncc(CN)c(C(F)CCC3(C(=O)NO)CCN(CCSc4cc(F)cc(F)c4F)CC3)c2c1. The predicted molar refractivity (Wildman–Crippen MR) is 144 cm³/mol. The highest BCUT2D eigenvalue weighted by Gasteiger charge is 2.41. The maximum atomic E-state index is 15.9. The lowest BCUT2D eigenvalue weighted by atomic mass is 9.73. The largest absolute Gasteiger partial charge is 0.497 e. The lowest BCUT2D eigenvalue weighted by Gasteiger charge is -2.40. The van der Waals surface area contributed by atoms with Gasteiger partial charge in [-0.2, -0.15) is 0 Å². The van der Waals surface area contributed by atoms with Crippen molar-refractivity contribution in [2.75, 3.05) is 32.5 Å². The summed E-state index contributed by atoms with van der Waals surface area (Å²) in [5.41, 5.74) is 8.26. The molecule has 40 heavy (non-hydrogen) atoms. The first kappa shape index (κ1) is 30.0. The fourth-order valence-electron chi connectivity index (χ4n) is 5.28. The van der Waals surface area contributed by atoms with E-state index in [9.17, 15) is 23.2 Å². The lowest BCUT2D eigenvalue weighted by molar-refractivity contribution is -0.143. The van der Waals surface area contributed by atoms with Crippen molar-refractivity contribution in [2.24, 2.45) is 11.1 Å². The minimum absolute atomic E-state index is 0.0248. The van der Waals surface area contributed by atoms with Crippen LogP contribution in [0.25, 0.3) is 10.9 Å². The zero-order valence-electron chi connectivity index (χ0n) is 22.1. The van der Waals surface area contributed by atoms with Crippen molar-refractivity contribution in [2.45, 2.75) is 43.3 Å². The molecule has 2 aromatic carbocycles. The van der Waals surface area contributed by atoms with Crippen LogP contribution in [0, 0.1) is 22.9 Å². The Balaban J connectivity index is 1.42. The van der Waals surface area contributed by atoms with Crippen molar-refractivity contribution in [1.82, 2.24) is 15.4 Å². The standard InChI is InChI=1S/C28H32F4N4O3S/c1-39-19-2-3-23-20(14-19)25(17(15-33)16-34-23)21(30)4-5-28(27(37)35-38)6-8-36(9-7-28)10-11-40-24-13-18(29)12-22(31)26(24)32/h2-3,12-14,16,21,38H,4-11,15,33H2,1H3,(H,35,37). The molecule has 1 fully saturated rings. The minimum atomic E-state index is -1.43. The average Bonchev–Trinajstić information content (AvgIpc) is 2.97. The van der Waals surface area contributed by atoms with Gasteiger partial charge in [0.15, 0.2) is 11.6 Å². The van der Waals surface area contributed by atoms with Crippen LogP contribution in [0.4, 0.5) is 17.6 Å². The molecule has 0 saturated carbocycles. The van der Waals surface area contributed by atoms with Gasteiger partial charge in [-0.05, 0) is 68.6 Å². The summed E-state index contributed by atoms with van der Waals surface area (Å²) >= 11 is 1.01. The van der Waals surface area contributed by atoms with E-state index >= 15 is 4.39 Å². The summed E-state index contributed by atoms with van der Waals surface area (Å²) in [5.74, 6) is -2.78. The molecule has 1 aliphatic rings. The Kier molecular flexibility index (Phi) is 9.88. The van der Waals surface area contributed by atoms with Gasteiger partial charge in [0.1, 0.15) is 17.7 Å². The monoisotopic (exact) mass is 580 g/mol. The van der Waals surface area contributed by atoms with Crippen LogP contribution in [0.2, 0.25) is 0 Å². The van der Waals surface area contributed by atoms with E-state index in [1.165, 1.54) is 7.11 Å². The van der Waals surface area contributed by atoms with Gasteiger partial charge in [-0.3, -0.25) is 15.0 Å². The van der Waals surface area contributed by atoms with Crippen LogP contribution in [0.15, 0.2) is 41.4 Å². The van der Waals surface area contributed by atoms with E-state index in [4.69, 9.17) is 10.5 Å². The van der Waals surface area contributed by atoms with E-state index in [1.807, 2.05) is 4.90 Å². The Morgan fingerprint density at radius 3 is 2.67 bits per heavy atom. The van der Waals surface area contributed by atoms with Crippen molar-refractivity contribution in [3.8, 4) is 5.75 Å². The van der Waals surface area contributed by atoms with Crippen molar-refractivity contribution < 1.29 is 32.3 Å². The molecule has 1 aromatic heterocycles. The molecule has 0 bridgehead atoms. The highest BCUT2D eigenvalue weighted by atomic mass is 32.2. The second kappa shape index (κ2) is 13.2. The summed E-state index contributed by atoms with van der Waals surface area (Å²) in [4.78, 5) is 19.1. The fourth-order valence-corrected chi connectivity index (χ4v) is 6.27. The topological polar surface area (TPSA) is 101 Å². The molecule has 1 saturated heterocycles. The molecular formula is C28H32F4N4O3S. The van der Waals surface area contributed by atoms with Crippen LogP contribution < -0.4 is 16.0 Å². The summed E-state index contributed by atoms with van der Waals surface area (Å²) < 4.78 is 62.1. The van der Waals surface area contributed by atoms with Gasteiger partial charge in [-0.25, -0.2) is 23.0 Å². The summed E-state index contributed by atoms with van der Waals surface area (Å²) in [6, 6.07) is 6.68. The van der Waals surface area contributed by atoms with Crippen molar-refractivity contribution in [3.63, 3.8) is 0 Å². The van der Waals surface area contributed by atoms with Gasteiger partial charge in [0.05, 0.1) is 18.0 Å². The zero-order chi connectivity index (χ0) is 28.9. The van der Waals surface area contributed by atoms with Crippen LogP contribution in [0.3, 0.4) is 0 Å². The molecule has 1 amide bonds. The zero-order valence-corrected chi connectivity index (χ0v) is 22.9. The fraction of sp³-hybridized carbons (Fsp3) is 0.429. The van der Waals surface area contributed by atoms with Gasteiger partial charge in [0.25, 0.3) is 0 Å². The molecule has 7 nitrogen and oxygen atoms in total. The van der Waals surface area contributed by atoms with Gasteiger partial charge in [-0.15, -0.1) is 11.8 Å². The van der Waals surface area contributed by atoms with Crippen molar-refractivity contribution in [3.05, 3.63) is 65.1 Å². The smallest absolute Gasteiger partial charge is 0.249 e. The number of aromatic nitrogens is 1. The number of carbonyl (C=O) groups is 1. The number of fused-ring (bicyclic) bond motifs is 1. The number of hydroxylamine groups is 1. The Morgan fingerprint density at radius 1 is 1.25 bits per heavy atom. The third kappa shape index (κ3) is 6.51. The number of pyridine rings is 1. The first-order valence-electron chi connectivity index (χ1n) is 12.9. The number of carbonyl (C=O) groups excluding carboxylic acids is 1. The molecule has 4 rings (SSSR count). The number of nitrogens with two attached hydrogens (primary N) is 1. The Hall–Kier alpha value is -2.93. The molecule has 4 N–H and O–H groups in total. The maximum Gasteiger partial charge on any atom is 0.249 e. The van der Waals surface area contributed by atoms with Crippen LogP contribution in [0.5, 0.6) is 5.75 Å². The molecule has 2 heterocycles. The number of hydrogen-bond donors (Lipinski definition) is 3. The second-order valence-corrected chi connectivity index (χ2v) is 11.0. The number of rotatable bonds is 11. The molecule has 3 aromatic rings. The number of amides is 1. The molecule has 0 aliphatic carbocycles. The van der Waals surface area contributed by atoms with E-state index in [1.54, 1.807) is 29.9 Å².